The summed E-state index contributed by atoms with van der Waals surface area (Å²) in [6.07, 6.45) is 1.80. The summed E-state index contributed by atoms with van der Waals surface area (Å²) in [5.74, 6) is 0. The van der Waals surface area contributed by atoms with Gasteiger partial charge in [0.25, 0.3) is 0 Å². The van der Waals surface area contributed by atoms with Crippen molar-refractivity contribution in [3.05, 3.63) is 29.8 Å². The van der Waals surface area contributed by atoms with E-state index < -0.39 is 8.03 Å². The van der Waals surface area contributed by atoms with Gasteiger partial charge >= 0.3 is 0 Å². The van der Waals surface area contributed by atoms with E-state index in [2.05, 4.69) is 6.07 Å². The second-order valence-electron chi connectivity index (χ2n) is 3.58. The Balaban J connectivity index is 2.32. The van der Waals surface area contributed by atoms with Gasteiger partial charge in [-0.15, -0.1) is 0 Å². The lowest BCUT2D eigenvalue weighted by atomic mass is 9.98. The predicted octanol–water partition coefficient (Wildman–Crippen LogP) is 1.33. The summed E-state index contributed by atoms with van der Waals surface area (Å²) in [6.45, 7) is 0. The van der Waals surface area contributed by atoms with E-state index in [0.717, 1.165) is 18.4 Å². The number of hydrogen-bond donors (Lipinski definition) is 1. The first-order valence-electron chi connectivity index (χ1n) is 4.43. The Kier molecular flexibility index (Phi) is 2.19. The van der Waals surface area contributed by atoms with Crippen molar-refractivity contribution in [2.24, 2.45) is 0 Å². The van der Waals surface area contributed by atoms with E-state index in [1.165, 1.54) is 0 Å². The molecular weight excluding hydrogens is 197 g/mol. The molecule has 1 aromatic carbocycles. The standard InChI is InChI=1S/C10H10NO2P/c11-7-10(5-6-10)8-1-3-9(4-2-8)14(12)13/h1-4,14H,5-6H2,(H,12,13). The molecule has 0 radical (unpaired) electrons. The molecule has 0 spiro atoms. The van der Waals surface area contributed by atoms with Crippen molar-refractivity contribution in [3.63, 3.8) is 0 Å². The Morgan fingerprint density at radius 1 is 1.36 bits per heavy atom. The third kappa shape index (κ3) is 1.48. The van der Waals surface area contributed by atoms with E-state index in [1.54, 1.807) is 24.3 Å². The second-order valence-corrected chi connectivity index (χ2v) is 4.76. The van der Waals surface area contributed by atoms with Crippen LogP contribution in [0.1, 0.15) is 18.4 Å². The lowest BCUT2D eigenvalue weighted by Crippen LogP contribution is -2.04. The zero-order valence-electron chi connectivity index (χ0n) is 7.53. The minimum absolute atomic E-state index is 0.302. The summed E-state index contributed by atoms with van der Waals surface area (Å²) in [5.41, 5.74) is 0.663. The Hall–Kier alpha value is -1.10. The van der Waals surface area contributed by atoms with Gasteiger partial charge in [0, 0.05) is 5.30 Å². The SMILES string of the molecule is N#CC1(c2ccc([PH](=O)O)cc2)CC1. The monoisotopic (exact) mass is 207 g/mol. The average molecular weight is 207 g/mol. The zero-order valence-corrected chi connectivity index (χ0v) is 8.53. The molecule has 0 amide bonds. The molecule has 1 N–H and O–H groups in total. The van der Waals surface area contributed by atoms with Crippen molar-refractivity contribution in [1.82, 2.24) is 0 Å². The molecule has 0 heterocycles. The molecule has 1 atom stereocenters. The molecule has 14 heavy (non-hydrogen) atoms. The van der Waals surface area contributed by atoms with Crippen LogP contribution in [-0.4, -0.2) is 4.89 Å². The quantitative estimate of drug-likeness (QED) is 0.744. The highest BCUT2D eigenvalue weighted by Crippen LogP contribution is 2.47. The van der Waals surface area contributed by atoms with Crippen LogP contribution in [0.4, 0.5) is 0 Å². The predicted molar refractivity (Wildman–Crippen MR) is 53.8 cm³/mol. The average Bonchev–Trinajstić information content (AvgIpc) is 2.99. The van der Waals surface area contributed by atoms with Gasteiger partial charge in [-0.2, -0.15) is 5.26 Å². The van der Waals surface area contributed by atoms with Gasteiger partial charge in [0.15, 0.2) is 0 Å². The first kappa shape index (κ1) is 9.45. The lowest BCUT2D eigenvalue weighted by Gasteiger charge is -2.05. The smallest absolute Gasteiger partial charge is 0.218 e. The van der Waals surface area contributed by atoms with E-state index in [1.807, 2.05) is 0 Å². The Morgan fingerprint density at radius 2 is 1.93 bits per heavy atom. The van der Waals surface area contributed by atoms with Crippen LogP contribution < -0.4 is 5.30 Å². The van der Waals surface area contributed by atoms with Crippen molar-refractivity contribution in [1.29, 1.82) is 5.26 Å². The number of nitrogens with zero attached hydrogens (tertiary/aromatic N) is 1. The van der Waals surface area contributed by atoms with E-state index >= 15 is 0 Å². The highest BCUT2D eigenvalue weighted by molar-refractivity contribution is 7.47. The Bertz CT molecular complexity index is 415. The van der Waals surface area contributed by atoms with E-state index in [-0.39, 0.29) is 5.41 Å². The van der Waals surface area contributed by atoms with Crippen LogP contribution in [0.5, 0.6) is 0 Å². The molecule has 1 aliphatic rings. The number of nitriles is 1. The maximum atomic E-state index is 10.8. The second kappa shape index (κ2) is 3.24. The topological polar surface area (TPSA) is 61.1 Å². The molecular formula is C10H10NO2P. The van der Waals surface area contributed by atoms with Gasteiger partial charge in [-0.05, 0) is 30.5 Å². The number of rotatable bonds is 2. The van der Waals surface area contributed by atoms with E-state index in [9.17, 15) is 4.57 Å². The van der Waals surface area contributed by atoms with Crippen LogP contribution in [-0.2, 0) is 9.98 Å². The normalized spacial score (nSPS) is 19.7. The Labute approximate surface area is 82.9 Å². The lowest BCUT2D eigenvalue weighted by molar-refractivity contribution is 0.513. The molecule has 3 nitrogen and oxygen atoms in total. The minimum Gasteiger partial charge on any atom is -0.343 e. The van der Waals surface area contributed by atoms with Crippen molar-refractivity contribution >= 4 is 13.3 Å². The van der Waals surface area contributed by atoms with Crippen molar-refractivity contribution < 1.29 is 9.46 Å². The van der Waals surface area contributed by atoms with Crippen molar-refractivity contribution in [2.45, 2.75) is 18.3 Å². The van der Waals surface area contributed by atoms with Crippen LogP contribution >= 0.6 is 8.03 Å². The van der Waals surface area contributed by atoms with Crippen LogP contribution in [0.3, 0.4) is 0 Å². The summed E-state index contributed by atoms with van der Waals surface area (Å²) in [5, 5.41) is 9.39. The highest BCUT2D eigenvalue weighted by atomic mass is 31.1. The molecule has 2 rings (SSSR count). The molecule has 0 aliphatic heterocycles. The van der Waals surface area contributed by atoms with Crippen molar-refractivity contribution in [2.75, 3.05) is 0 Å². The maximum Gasteiger partial charge on any atom is 0.218 e. The molecule has 4 heteroatoms. The van der Waals surface area contributed by atoms with E-state index in [4.69, 9.17) is 10.2 Å². The van der Waals surface area contributed by atoms with Gasteiger partial charge in [0.1, 0.15) is 0 Å². The fraction of sp³-hybridized carbons (Fsp3) is 0.300. The minimum atomic E-state index is -2.59. The van der Waals surface area contributed by atoms with Gasteiger partial charge in [0.05, 0.1) is 11.5 Å². The molecule has 1 aromatic rings. The molecule has 1 fully saturated rings. The van der Waals surface area contributed by atoms with Gasteiger partial charge in [-0.3, -0.25) is 4.57 Å². The molecule has 1 aliphatic carbocycles. The molecule has 0 aromatic heterocycles. The van der Waals surface area contributed by atoms with Crippen LogP contribution in [0.25, 0.3) is 0 Å². The molecule has 0 bridgehead atoms. The third-order valence-corrected chi connectivity index (χ3v) is 3.48. The summed E-state index contributed by atoms with van der Waals surface area (Å²) in [7, 11) is -2.59. The molecule has 72 valence electrons. The molecule has 0 saturated heterocycles. The maximum absolute atomic E-state index is 10.8. The molecule has 1 unspecified atom stereocenters. The van der Waals surface area contributed by atoms with Crippen LogP contribution in [0.2, 0.25) is 0 Å². The fourth-order valence-electron chi connectivity index (χ4n) is 1.52. The zero-order chi connectivity index (χ0) is 10.2. The summed E-state index contributed by atoms with van der Waals surface area (Å²) in [4.78, 5) is 8.87. The summed E-state index contributed by atoms with van der Waals surface area (Å²) >= 11 is 0. The largest absolute Gasteiger partial charge is 0.343 e. The first-order chi connectivity index (χ1) is 6.68. The first-order valence-corrected chi connectivity index (χ1v) is 5.79. The Morgan fingerprint density at radius 3 is 2.29 bits per heavy atom. The summed E-state index contributed by atoms with van der Waals surface area (Å²) < 4.78 is 10.8. The summed E-state index contributed by atoms with van der Waals surface area (Å²) in [6, 6.07) is 9.12. The molecule has 1 saturated carbocycles. The third-order valence-electron chi connectivity index (χ3n) is 2.65. The van der Waals surface area contributed by atoms with Gasteiger partial charge < -0.3 is 4.89 Å². The highest BCUT2D eigenvalue weighted by Gasteiger charge is 2.44. The van der Waals surface area contributed by atoms with Gasteiger partial charge in [-0.25, -0.2) is 0 Å². The fourth-order valence-corrected chi connectivity index (χ4v) is 1.97. The van der Waals surface area contributed by atoms with Gasteiger partial charge in [0.2, 0.25) is 8.03 Å². The number of hydrogen-bond acceptors (Lipinski definition) is 2. The van der Waals surface area contributed by atoms with Crippen LogP contribution in [0.15, 0.2) is 24.3 Å². The van der Waals surface area contributed by atoms with Crippen LogP contribution in [0, 0.1) is 11.3 Å². The van der Waals surface area contributed by atoms with Crippen molar-refractivity contribution in [3.8, 4) is 6.07 Å². The van der Waals surface area contributed by atoms with E-state index in [0.29, 0.717) is 5.30 Å². The van der Waals surface area contributed by atoms with Gasteiger partial charge in [-0.1, -0.05) is 12.1 Å². The number of benzene rings is 1.